The molecule has 0 spiro atoms. The fraction of sp³-hybridized carbons (Fsp3) is 0.125. The zero-order valence-electron chi connectivity index (χ0n) is 7.27. The number of nitrogens with two attached hydrogens (primary N) is 1. The minimum Gasteiger partial charge on any atom is -0.375 e. The first-order valence-electron chi connectivity index (χ1n) is 3.72. The predicted octanol–water partition coefficient (Wildman–Crippen LogP) is -0.322. The maximum Gasteiger partial charge on any atom is 0.184 e. The van der Waals surface area contributed by atoms with Crippen LogP contribution in [0.2, 0.25) is 0 Å². The third kappa shape index (κ3) is 3.62. The van der Waals surface area contributed by atoms with Gasteiger partial charge < -0.3 is 5.73 Å². The van der Waals surface area contributed by atoms with Crippen LogP contribution in [0.4, 0.5) is 0 Å². The Morgan fingerprint density at radius 3 is 3.15 bits per heavy atom. The molecule has 0 aliphatic heterocycles. The average molecular weight is 195 g/mol. The molecule has 0 aromatic carbocycles. The fourth-order valence-corrected chi connectivity index (χ4v) is 0.911. The van der Waals surface area contributed by atoms with Crippen LogP contribution in [-0.2, 0) is 7.05 Å². The van der Waals surface area contributed by atoms with Crippen LogP contribution in [0.15, 0.2) is 29.6 Å². The van der Waals surface area contributed by atoms with Crippen LogP contribution in [0.25, 0.3) is 0 Å². The second kappa shape index (κ2) is 4.51. The monoisotopic (exact) mass is 195 g/mol. The molecule has 0 atom stereocenters. The quantitative estimate of drug-likeness (QED) is 0.294. The standard InChI is InChI=1S/C8H10N4S/c1-12-4-2-3-7(6-12)5-10-11-8(9)13/h2-6H,1H3,(H2-,9,11,13)/p+1/b10-5+. The van der Waals surface area contributed by atoms with Crippen molar-refractivity contribution >= 4 is 23.5 Å². The van der Waals surface area contributed by atoms with E-state index in [2.05, 4.69) is 22.7 Å². The molecular weight excluding hydrogens is 184 g/mol. The van der Waals surface area contributed by atoms with E-state index in [9.17, 15) is 0 Å². The van der Waals surface area contributed by atoms with Crippen molar-refractivity contribution in [3.8, 4) is 0 Å². The zero-order chi connectivity index (χ0) is 9.68. The smallest absolute Gasteiger partial charge is 0.184 e. The van der Waals surface area contributed by atoms with Gasteiger partial charge in [-0.25, -0.2) is 4.57 Å². The Kier molecular flexibility index (Phi) is 3.33. The normalized spacial score (nSPS) is 10.2. The van der Waals surface area contributed by atoms with Crippen molar-refractivity contribution in [3.63, 3.8) is 0 Å². The van der Waals surface area contributed by atoms with E-state index in [1.165, 1.54) is 0 Å². The molecule has 13 heavy (non-hydrogen) atoms. The first-order chi connectivity index (χ1) is 6.18. The van der Waals surface area contributed by atoms with Gasteiger partial charge in [-0.2, -0.15) is 5.10 Å². The maximum atomic E-state index is 5.19. The van der Waals surface area contributed by atoms with Crippen LogP contribution >= 0.6 is 12.2 Å². The lowest BCUT2D eigenvalue weighted by Gasteiger charge is -1.93. The van der Waals surface area contributed by atoms with Gasteiger partial charge in [0.25, 0.3) is 0 Å². The molecule has 3 N–H and O–H groups in total. The van der Waals surface area contributed by atoms with Crippen LogP contribution in [0, 0.1) is 0 Å². The second-order valence-electron chi connectivity index (χ2n) is 2.54. The van der Waals surface area contributed by atoms with E-state index in [-0.39, 0.29) is 5.11 Å². The Labute approximate surface area is 82.1 Å². The molecule has 0 aliphatic rings. The molecule has 5 heteroatoms. The Balaban J connectivity index is 2.63. The summed E-state index contributed by atoms with van der Waals surface area (Å²) in [6, 6.07) is 3.87. The number of aryl methyl sites for hydroxylation is 1. The maximum absolute atomic E-state index is 5.19. The highest BCUT2D eigenvalue weighted by Crippen LogP contribution is 1.87. The molecule has 1 rings (SSSR count). The Morgan fingerprint density at radius 1 is 1.77 bits per heavy atom. The van der Waals surface area contributed by atoms with Gasteiger partial charge in [-0.15, -0.1) is 0 Å². The van der Waals surface area contributed by atoms with E-state index in [4.69, 9.17) is 5.73 Å². The van der Waals surface area contributed by atoms with Gasteiger partial charge in [-0.3, -0.25) is 5.43 Å². The van der Waals surface area contributed by atoms with Crippen molar-refractivity contribution in [2.75, 3.05) is 0 Å². The van der Waals surface area contributed by atoms with Gasteiger partial charge in [0.15, 0.2) is 17.5 Å². The number of thiocarbonyl (C=S) groups is 1. The summed E-state index contributed by atoms with van der Waals surface area (Å²) in [5.41, 5.74) is 8.65. The van der Waals surface area contributed by atoms with Crippen molar-refractivity contribution in [2.24, 2.45) is 17.9 Å². The van der Waals surface area contributed by atoms with Gasteiger partial charge in [0.05, 0.1) is 11.8 Å². The van der Waals surface area contributed by atoms with Crippen LogP contribution in [0.1, 0.15) is 5.56 Å². The number of hydrogen-bond acceptors (Lipinski definition) is 2. The molecule has 0 unspecified atom stereocenters. The lowest BCUT2D eigenvalue weighted by Crippen LogP contribution is -2.27. The first-order valence-corrected chi connectivity index (χ1v) is 4.13. The molecule has 0 radical (unpaired) electrons. The van der Waals surface area contributed by atoms with Crippen molar-refractivity contribution in [2.45, 2.75) is 0 Å². The lowest BCUT2D eigenvalue weighted by atomic mass is 10.3. The van der Waals surface area contributed by atoms with E-state index >= 15 is 0 Å². The highest BCUT2D eigenvalue weighted by molar-refractivity contribution is 7.80. The zero-order valence-corrected chi connectivity index (χ0v) is 8.08. The van der Waals surface area contributed by atoms with Crippen molar-refractivity contribution in [1.82, 2.24) is 5.43 Å². The summed E-state index contributed by atoms with van der Waals surface area (Å²) in [6.45, 7) is 0. The molecule has 1 aromatic heterocycles. The van der Waals surface area contributed by atoms with Crippen LogP contribution in [0.5, 0.6) is 0 Å². The molecule has 0 bridgehead atoms. The van der Waals surface area contributed by atoms with Gasteiger partial charge in [-0.1, -0.05) is 0 Å². The number of pyridine rings is 1. The number of hydrogen-bond donors (Lipinski definition) is 2. The van der Waals surface area contributed by atoms with Gasteiger partial charge >= 0.3 is 0 Å². The SMILES string of the molecule is C[n+]1cccc(/C=N/NC(N)=S)c1. The van der Waals surface area contributed by atoms with Gasteiger partial charge in [0, 0.05) is 6.07 Å². The van der Waals surface area contributed by atoms with Crippen LogP contribution < -0.4 is 15.7 Å². The minimum atomic E-state index is 0.163. The number of nitrogens with zero attached hydrogens (tertiary/aromatic N) is 2. The average Bonchev–Trinajstić information content (AvgIpc) is 2.03. The van der Waals surface area contributed by atoms with E-state index in [1.807, 2.05) is 36.1 Å². The first kappa shape index (κ1) is 9.60. The molecule has 0 fully saturated rings. The van der Waals surface area contributed by atoms with Gasteiger partial charge in [0.1, 0.15) is 7.05 Å². The van der Waals surface area contributed by atoms with E-state index < -0.39 is 0 Å². The second-order valence-corrected chi connectivity index (χ2v) is 2.98. The summed E-state index contributed by atoms with van der Waals surface area (Å²) >= 11 is 4.58. The molecule has 4 nitrogen and oxygen atoms in total. The summed E-state index contributed by atoms with van der Waals surface area (Å²) in [4.78, 5) is 0. The Hall–Kier alpha value is -1.49. The predicted molar refractivity (Wildman–Crippen MR) is 55.1 cm³/mol. The Morgan fingerprint density at radius 2 is 2.54 bits per heavy atom. The molecule has 1 aromatic rings. The number of nitrogens with one attached hydrogen (secondary N) is 1. The molecule has 0 aliphatic carbocycles. The molecule has 1 heterocycles. The largest absolute Gasteiger partial charge is 0.375 e. The molecule has 0 amide bonds. The third-order valence-electron chi connectivity index (χ3n) is 1.35. The van der Waals surface area contributed by atoms with Crippen molar-refractivity contribution in [1.29, 1.82) is 0 Å². The topological polar surface area (TPSA) is 54.3 Å². The highest BCUT2D eigenvalue weighted by atomic mass is 32.1. The van der Waals surface area contributed by atoms with Gasteiger partial charge in [-0.05, 0) is 18.3 Å². The highest BCUT2D eigenvalue weighted by Gasteiger charge is 1.93. The summed E-state index contributed by atoms with van der Waals surface area (Å²) in [7, 11) is 1.94. The fourth-order valence-electron chi connectivity index (χ4n) is 0.858. The van der Waals surface area contributed by atoms with Crippen molar-refractivity contribution in [3.05, 3.63) is 30.1 Å². The Bertz CT molecular complexity index is 335. The van der Waals surface area contributed by atoms with Crippen molar-refractivity contribution < 1.29 is 4.57 Å². The summed E-state index contributed by atoms with van der Waals surface area (Å²) in [5.74, 6) is 0. The third-order valence-corrected chi connectivity index (χ3v) is 1.44. The number of hydrazone groups is 1. The lowest BCUT2D eigenvalue weighted by molar-refractivity contribution is -0.671. The van der Waals surface area contributed by atoms with E-state index in [1.54, 1.807) is 6.21 Å². The van der Waals surface area contributed by atoms with Crippen LogP contribution in [-0.4, -0.2) is 11.3 Å². The van der Waals surface area contributed by atoms with Crippen LogP contribution in [0.3, 0.4) is 0 Å². The molecule has 0 saturated carbocycles. The summed E-state index contributed by atoms with van der Waals surface area (Å²) in [6.07, 6.45) is 5.53. The molecule has 0 saturated heterocycles. The molecular formula is C8H11N4S+. The van der Waals surface area contributed by atoms with E-state index in [0.29, 0.717) is 0 Å². The summed E-state index contributed by atoms with van der Waals surface area (Å²) < 4.78 is 1.93. The minimum absolute atomic E-state index is 0.163. The molecule has 68 valence electrons. The number of aromatic nitrogens is 1. The summed E-state index contributed by atoms with van der Waals surface area (Å²) in [5, 5.41) is 3.99. The number of rotatable bonds is 2. The van der Waals surface area contributed by atoms with E-state index in [0.717, 1.165) is 5.56 Å². The van der Waals surface area contributed by atoms with Gasteiger partial charge in [0.2, 0.25) is 0 Å².